The fraction of sp³-hybridized carbons (Fsp3) is 0.750. The number of hydrogen-bond acceptors (Lipinski definition) is 3. The third-order valence-corrected chi connectivity index (χ3v) is 0.630. The number of rotatable bonds is 0. The monoisotopic (exact) mass is 191 g/mol. The zero-order valence-electron chi connectivity index (χ0n) is 7.03. The van der Waals surface area contributed by atoms with Crippen molar-refractivity contribution in [3.8, 4) is 0 Å². The van der Waals surface area contributed by atoms with E-state index in [2.05, 4.69) is 0 Å². The number of amides is 1. The second-order valence-corrected chi connectivity index (χ2v) is 2.06. The van der Waals surface area contributed by atoms with Crippen molar-refractivity contribution in [2.45, 2.75) is 6.92 Å². The van der Waals surface area contributed by atoms with Crippen molar-refractivity contribution in [1.82, 2.24) is 4.90 Å². The molecule has 0 aromatic rings. The van der Waals surface area contributed by atoms with Crippen LogP contribution in [-0.4, -0.2) is 38.2 Å². The Morgan fingerprint density at radius 2 is 1.64 bits per heavy atom. The first-order valence-electron chi connectivity index (χ1n) is 2.34. The summed E-state index contributed by atoms with van der Waals surface area (Å²) in [4.78, 5) is 11.6. The fourth-order valence-corrected chi connectivity index (χ4v) is 0. The molecule has 0 aliphatic carbocycles. The van der Waals surface area contributed by atoms with Gasteiger partial charge in [-0.1, -0.05) is 0 Å². The van der Waals surface area contributed by atoms with Gasteiger partial charge in [0, 0.05) is 21.0 Å². The summed E-state index contributed by atoms with van der Waals surface area (Å²) >= 11 is -2.86. The van der Waals surface area contributed by atoms with Crippen molar-refractivity contribution in [3.05, 3.63) is 0 Å². The molecule has 1 unspecified atom stereocenters. The number of carbonyl (C=O) groups is 1. The van der Waals surface area contributed by atoms with E-state index in [-0.39, 0.29) is 35.5 Å². The van der Waals surface area contributed by atoms with Crippen LogP contribution in [0, 0.1) is 0 Å². The topological polar surface area (TPSA) is 80.7 Å². The Bertz CT molecular complexity index is 125. The normalized spacial score (nSPS) is 9.91. The van der Waals surface area contributed by atoms with E-state index in [1.54, 1.807) is 14.1 Å². The van der Waals surface area contributed by atoms with E-state index < -0.39 is 11.4 Å². The van der Waals surface area contributed by atoms with E-state index >= 15 is 0 Å². The zero-order chi connectivity index (χ0) is 8.73. The minimum absolute atomic E-state index is 0. The molecule has 0 saturated carbocycles. The van der Waals surface area contributed by atoms with Crippen LogP contribution in [0.4, 0.5) is 0 Å². The SMILES string of the molecule is CC(=O)N(C)C.O=S([O-])O.[Na+]. The Labute approximate surface area is 90.6 Å². The smallest absolute Gasteiger partial charge is 0.750 e. The summed E-state index contributed by atoms with van der Waals surface area (Å²) in [6.45, 7) is 1.53. The van der Waals surface area contributed by atoms with Gasteiger partial charge < -0.3 is 14.0 Å². The molecule has 62 valence electrons. The van der Waals surface area contributed by atoms with Gasteiger partial charge in [0.1, 0.15) is 0 Å². The van der Waals surface area contributed by atoms with Crippen LogP contribution in [-0.2, 0) is 16.2 Å². The molecular weight excluding hydrogens is 181 g/mol. The molecule has 7 heteroatoms. The molecule has 0 spiro atoms. The molecule has 0 fully saturated rings. The minimum Gasteiger partial charge on any atom is -0.750 e. The maximum Gasteiger partial charge on any atom is 1.00 e. The zero-order valence-corrected chi connectivity index (χ0v) is 9.84. The summed E-state index contributed by atoms with van der Waals surface area (Å²) in [5.74, 6) is 0.0926. The van der Waals surface area contributed by atoms with Gasteiger partial charge in [-0.2, -0.15) is 0 Å². The molecule has 0 aliphatic rings. The van der Waals surface area contributed by atoms with Crippen molar-refractivity contribution in [2.24, 2.45) is 0 Å². The average molecular weight is 191 g/mol. The molecule has 0 aromatic carbocycles. The molecule has 1 N–H and O–H groups in total. The predicted octanol–water partition coefficient (Wildman–Crippen LogP) is -3.56. The predicted molar refractivity (Wildman–Crippen MR) is 35.9 cm³/mol. The van der Waals surface area contributed by atoms with Gasteiger partial charge in [0.15, 0.2) is 0 Å². The Kier molecular flexibility index (Phi) is 16.8. The van der Waals surface area contributed by atoms with Gasteiger partial charge in [-0.15, -0.1) is 0 Å². The molecule has 1 amide bonds. The van der Waals surface area contributed by atoms with Crippen molar-refractivity contribution in [1.29, 1.82) is 0 Å². The van der Waals surface area contributed by atoms with Crippen LogP contribution in [0.1, 0.15) is 6.92 Å². The van der Waals surface area contributed by atoms with Crippen LogP contribution < -0.4 is 29.6 Å². The molecule has 0 aliphatic heterocycles. The van der Waals surface area contributed by atoms with Crippen LogP contribution in [0.5, 0.6) is 0 Å². The fourth-order valence-electron chi connectivity index (χ4n) is 0. The first kappa shape index (κ1) is 17.6. The Morgan fingerprint density at radius 3 is 1.64 bits per heavy atom. The molecule has 0 heterocycles. The van der Waals surface area contributed by atoms with E-state index in [0.29, 0.717) is 0 Å². The van der Waals surface area contributed by atoms with Crippen LogP contribution >= 0.6 is 0 Å². The van der Waals surface area contributed by atoms with E-state index in [0.717, 1.165) is 0 Å². The molecule has 0 radical (unpaired) electrons. The van der Waals surface area contributed by atoms with E-state index in [1.807, 2.05) is 0 Å². The second-order valence-electron chi connectivity index (χ2n) is 1.63. The summed E-state index contributed by atoms with van der Waals surface area (Å²) in [7, 11) is 3.45. The molecule has 0 saturated heterocycles. The Hall–Kier alpha value is 0.540. The summed E-state index contributed by atoms with van der Waals surface area (Å²) in [6, 6.07) is 0. The summed E-state index contributed by atoms with van der Waals surface area (Å²) in [5.41, 5.74) is 0. The summed E-state index contributed by atoms with van der Waals surface area (Å²) in [6.07, 6.45) is 0. The third-order valence-electron chi connectivity index (χ3n) is 0.630. The van der Waals surface area contributed by atoms with E-state index in [1.165, 1.54) is 11.8 Å². The molecule has 0 bridgehead atoms. The van der Waals surface area contributed by atoms with E-state index in [9.17, 15) is 4.79 Å². The molecule has 0 aromatic heterocycles. The van der Waals surface area contributed by atoms with Gasteiger partial charge in [0.25, 0.3) is 0 Å². The first-order valence-corrected chi connectivity index (χ1v) is 3.37. The molecule has 1 atom stereocenters. The van der Waals surface area contributed by atoms with Crippen molar-refractivity contribution in [2.75, 3.05) is 14.1 Å². The van der Waals surface area contributed by atoms with Crippen LogP contribution in [0.2, 0.25) is 0 Å². The van der Waals surface area contributed by atoms with Crippen molar-refractivity contribution >= 4 is 17.3 Å². The van der Waals surface area contributed by atoms with Gasteiger partial charge >= 0.3 is 29.6 Å². The van der Waals surface area contributed by atoms with Crippen LogP contribution in [0.15, 0.2) is 0 Å². The van der Waals surface area contributed by atoms with Crippen LogP contribution in [0.25, 0.3) is 0 Å². The number of nitrogens with zero attached hydrogens (tertiary/aromatic N) is 1. The minimum atomic E-state index is -2.86. The first-order chi connectivity index (χ1) is 4.37. The van der Waals surface area contributed by atoms with Crippen LogP contribution in [0.3, 0.4) is 0 Å². The third kappa shape index (κ3) is 37.3. The molecular formula is C4H10NNaO4S. The van der Waals surface area contributed by atoms with Gasteiger partial charge in [0.2, 0.25) is 5.91 Å². The van der Waals surface area contributed by atoms with E-state index in [4.69, 9.17) is 13.3 Å². The maximum absolute atomic E-state index is 10.1. The maximum atomic E-state index is 10.1. The quantitative estimate of drug-likeness (QED) is 0.317. The van der Waals surface area contributed by atoms with Gasteiger partial charge in [0.05, 0.1) is 11.4 Å². The van der Waals surface area contributed by atoms with Gasteiger partial charge in [-0.25, -0.2) is 4.21 Å². The summed E-state index contributed by atoms with van der Waals surface area (Å²) in [5, 5.41) is 0. The Balaban J connectivity index is -0.000000114. The standard InChI is InChI=1S/C4H9NO.Na.H2O3S/c1-4(6)5(2)3;;1-4(2)3/h1-3H3;;(H2,1,2,3)/q;+1;/p-1. The van der Waals surface area contributed by atoms with Crippen molar-refractivity contribution < 1.29 is 47.7 Å². The summed E-state index contributed by atoms with van der Waals surface area (Å²) < 4.78 is 24.1. The molecule has 11 heavy (non-hydrogen) atoms. The van der Waals surface area contributed by atoms with Crippen molar-refractivity contribution in [3.63, 3.8) is 0 Å². The van der Waals surface area contributed by atoms with Gasteiger partial charge in [-0.05, 0) is 0 Å². The number of hydrogen-bond donors (Lipinski definition) is 1. The number of carbonyl (C=O) groups excluding carboxylic acids is 1. The average Bonchev–Trinajstić information content (AvgIpc) is 1.63. The van der Waals surface area contributed by atoms with Gasteiger partial charge in [-0.3, -0.25) is 4.79 Å². The molecule has 5 nitrogen and oxygen atoms in total. The Morgan fingerprint density at radius 1 is 1.55 bits per heavy atom. The second kappa shape index (κ2) is 10.5. The largest absolute Gasteiger partial charge is 1.00 e. The molecule has 0 rings (SSSR count).